The molecule has 0 fully saturated rings. The summed E-state index contributed by atoms with van der Waals surface area (Å²) < 4.78 is 1.76. The number of aromatic nitrogens is 3. The van der Waals surface area contributed by atoms with E-state index < -0.39 is 0 Å². The molecule has 0 atom stereocenters. The van der Waals surface area contributed by atoms with Crippen LogP contribution in [0.5, 0.6) is 0 Å². The van der Waals surface area contributed by atoms with Gasteiger partial charge in [0.1, 0.15) is 5.65 Å². The van der Waals surface area contributed by atoms with Crippen LogP contribution in [-0.2, 0) is 6.42 Å². The maximum Gasteiger partial charge on any atom is 0.252 e. The standard InChI is InChI=1S/C15H16N4O/c1-10-13-9-11(7-8-16)15(20)17-14(13)19(18-10)12-5-3-2-4-6-12/h2-6,9H,7-8,16H2,1H3,(H,17,20). The fourth-order valence-electron chi connectivity index (χ4n) is 2.36. The third-order valence-corrected chi connectivity index (χ3v) is 3.36. The number of H-pyrrole nitrogens is 1. The molecule has 2 aromatic heterocycles. The van der Waals surface area contributed by atoms with Crippen molar-refractivity contribution >= 4 is 11.0 Å². The Bertz CT molecular complexity index is 802. The highest BCUT2D eigenvalue weighted by Crippen LogP contribution is 2.19. The molecular formula is C15H16N4O. The van der Waals surface area contributed by atoms with E-state index >= 15 is 0 Å². The molecule has 0 bridgehead atoms. The number of aromatic amines is 1. The molecule has 0 spiro atoms. The molecule has 3 N–H and O–H groups in total. The molecule has 3 aromatic rings. The van der Waals surface area contributed by atoms with Gasteiger partial charge in [0, 0.05) is 10.9 Å². The summed E-state index contributed by atoms with van der Waals surface area (Å²) in [5, 5.41) is 5.47. The summed E-state index contributed by atoms with van der Waals surface area (Å²) in [6, 6.07) is 11.6. The lowest BCUT2D eigenvalue weighted by Gasteiger charge is -2.03. The number of aryl methyl sites for hydroxylation is 1. The summed E-state index contributed by atoms with van der Waals surface area (Å²) in [5.41, 5.74) is 8.67. The van der Waals surface area contributed by atoms with Crippen molar-refractivity contribution in [1.29, 1.82) is 0 Å². The van der Waals surface area contributed by atoms with Crippen molar-refractivity contribution in [2.24, 2.45) is 5.73 Å². The number of hydrogen-bond acceptors (Lipinski definition) is 3. The Morgan fingerprint density at radius 1 is 1.30 bits per heavy atom. The van der Waals surface area contributed by atoms with Gasteiger partial charge in [-0.1, -0.05) is 18.2 Å². The van der Waals surface area contributed by atoms with Crippen LogP contribution in [0.1, 0.15) is 11.3 Å². The SMILES string of the molecule is Cc1nn(-c2ccccc2)c2[nH]c(=O)c(CCN)cc12. The van der Waals surface area contributed by atoms with Gasteiger partial charge in [0.2, 0.25) is 0 Å². The summed E-state index contributed by atoms with van der Waals surface area (Å²) in [7, 11) is 0. The molecule has 5 nitrogen and oxygen atoms in total. The second kappa shape index (κ2) is 4.94. The summed E-state index contributed by atoms with van der Waals surface area (Å²) in [6.45, 7) is 2.40. The Labute approximate surface area is 116 Å². The van der Waals surface area contributed by atoms with Gasteiger partial charge in [0.05, 0.1) is 11.4 Å². The third-order valence-electron chi connectivity index (χ3n) is 3.36. The summed E-state index contributed by atoms with van der Waals surface area (Å²) in [6.07, 6.45) is 0.571. The maximum atomic E-state index is 12.1. The molecule has 0 aliphatic heterocycles. The second-order valence-corrected chi connectivity index (χ2v) is 4.76. The van der Waals surface area contributed by atoms with Crippen molar-refractivity contribution in [3.63, 3.8) is 0 Å². The molecule has 20 heavy (non-hydrogen) atoms. The summed E-state index contributed by atoms with van der Waals surface area (Å²) >= 11 is 0. The van der Waals surface area contributed by atoms with E-state index in [0.29, 0.717) is 18.5 Å². The van der Waals surface area contributed by atoms with Gasteiger partial charge >= 0.3 is 0 Å². The predicted molar refractivity (Wildman–Crippen MR) is 79.2 cm³/mol. The molecule has 0 saturated carbocycles. The van der Waals surface area contributed by atoms with Crippen molar-refractivity contribution in [3.8, 4) is 5.69 Å². The third kappa shape index (κ3) is 2.02. The molecule has 0 amide bonds. The van der Waals surface area contributed by atoms with Crippen LogP contribution in [0.25, 0.3) is 16.7 Å². The quantitative estimate of drug-likeness (QED) is 0.756. The van der Waals surface area contributed by atoms with Crippen LogP contribution in [-0.4, -0.2) is 21.3 Å². The summed E-state index contributed by atoms with van der Waals surface area (Å²) in [4.78, 5) is 15.0. The van der Waals surface area contributed by atoms with Gasteiger partial charge in [0.25, 0.3) is 5.56 Å². The lowest BCUT2D eigenvalue weighted by Crippen LogP contribution is -2.16. The number of rotatable bonds is 3. The number of fused-ring (bicyclic) bond motifs is 1. The van der Waals surface area contributed by atoms with E-state index in [1.165, 1.54) is 0 Å². The Kier molecular flexibility index (Phi) is 3.12. The molecule has 3 rings (SSSR count). The van der Waals surface area contributed by atoms with E-state index in [-0.39, 0.29) is 5.56 Å². The molecule has 2 heterocycles. The van der Waals surface area contributed by atoms with E-state index in [0.717, 1.165) is 22.4 Å². The predicted octanol–water partition coefficient (Wildman–Crippen LogP) is 1.52. The molecule has 0 radical (unpaired) electrons. The van der Waals surface area contributed by atoms with Crippen LogP contribution < -0.4 is 11.3 Å². The van der Waals surface area contributed by atoms with E-state index in [9.17, 15) is 4.79 Å². The highest BCUT2D eigenvalue weighted by Gasteiger charge is 2.12. The van der Waals surface area contributed by atoms with E-state index in [1.54, 1.807) is 4.68 Å². The number of para-hydroxylation sites is 1. The lowest BCUT2D eigenvalue weighted by atomic mass is 10.1. The van der Waals surface area contributed by atoms with Crippen LogP contribution in [0.2, 0.25) is 0 Å². The molecule has 0 aliphatic rings. The van der Waals surface area contributed by atoms with Crippen molar-refractivity contribution in [3.05, 3.63) is 58.0 Å². The minimum absolute atomic E-state index is 0.0972. The van der Waals surface area contributed by atoms with E-state index in [1.807, 2.05) is 43.3 Å². The molecule has 0 unspecified atom stereocenters. The van der Waals surface area contributed by atoms with E-state index in [4.69, 9.17) is 5.73 Å². The van der Waals surface area contributed by atoms with Gasteiger partial charge in [-0.25, -0.2) is 4.68 Å². The first-order chi connectivity index (χ1) is 9.70. The average molecular weight is 268 g/mol. The Balaban J connectivity index is 2.27. The minimum atomic E-state index is -0.0972. The molecule has 0 aliphatic carbocycles. The van der Waals surface area contributed by atoms with Crippen LogP contribution in [0, 0.1) is 6.92 Å². The number of benzene rings is 1. The van der Waals surface area contributed by atoms with Crippen LogP contribution in [0.4, 0.5) is 0 Å². The number of pyridine rings is 1. The molecule has 5 heteroatoms. The lowest BCUT2D eigenvalue weighted by molar-refractivity contribution is 0.873. The molecular weight excluding hydrogens is 252 g/mol. The molecule has 0 saturated heterocycles. The number of nitrogens with two attached hydrogens (primary N) is 1. The van der Waals surface area contributed by atoms with E-state index in [2.05, 4.69) is 10.1 Å². The largest absolute Gasteiger partial charge is 0.330 e. The maximum absolute atomic E-state index is 12.1. The fraction of sp³-hybridized carbons (Fsp3) is 0.200. The first-order valence-electron chi connectivity index (χ1n) is 6.57. The van der Waals surface area contributed by atoms with Gasteiger partial charge < -0.3 is 10.7 Å². The topological polar surface area (TPSA) is 76.7 Å². The zero-order valence-corrected chi connectivity index (χ0v) is 11.3. The smallest absolute Gasteiger partial charge is 0.252 e. The first-order valence-corrected chi connectivity index (χ1v) is 6.57. The molecule has 1 aromatic carbocycles. The Hall–Kier alpha value is -2.40. The number of nitrogens with one attached hydrogen (secondary N) is 1. The highest BCUT2D eigenvalue weighted by molar-refractivity contribution is 5.80. The van der Waals surface area contributed by atoms with Gasteiger partial charge in [0.15, 0.2) is 0 Å². The Morgan fingerprint density at radius 2 is 2.05 bits per heavy atom. The zero-order valence-electron chi connectivity index (χ0n) is 11.3. The van der Waals surface area contributed by atoms with Crippen molar-refractivity contribution < 1.29 is 0 Å². The first kappa shape index (κ1) is 12.6. The normalized spacial score (nSPS) is 11.1. The van der Waals surface area contributed by atoms with Crippen LogP contribution >= 0.6 is 0 Å². The summed E-state index contributed by atoms with van der Waals surface area (Å²) in [5.74, 6) is 0. The monoisotopic (exact) mass is 268 g/mol. The second-order valence-electron chi connectivity index (χ2n) is 4.76. The van der Waals surface area contributed by atoms with Gasteiger partial charge in [-0.15, -0.1) is 0 Å². The van der Waals surface area contributed by atoms with Crippen molar-refractivity contribution in [2.75, 3.05) is 6.54 Å². The van der Waals surface area contributed by atoms with Crippen LogP contribution in [0.3, 0.4) is 0 Å². The van der Waals surface area contributed by atoms with Crippen LogP contribution in [0.15, 0.2) is 41.2 Å². The Morgan fingerprint density at radius 3 is 2.75 bits per heavy atom. The van der Waals surface area contributed by atoms with Gasteiger partial charge in [-0.3, -0.25) is 4.79 Å². The van der Waals surface area contributed by atoms with Gasteiger partial charge in [-0.05, 0) is 38.1 Å². The fourth-order valence-corrected chi connectivity index (χ4v) is 2.36. The minimum Gasteiger partial charge on any atom is -0.330 e. The molecule has 102 valence electrons. The average Bonchev–Trinajstić information content (AvgIpc) is 2.77. The highest BCUT2D eigenvalue weighted by atomic mass is 16.1. The number of hydrogen-bond donors (Lipinski definition) is 2. The van der Waals surface area contributed by atoms with Gasteiger partial charge in [-0.2, -0.15) is 5.10 Å². The zero-order chi connectivity index (χ0) is 14.1. The van der Waals surface area contributed by atoms with Crippen molar-refractivity contribution in [2.45, 2.75) is 13.3 Å². The number of nitrogens with zero attached hydrogens (tertiary/aromatic N) is 2. The van der Waals surface area contributed by atoms with Crippen molar-refractivity contribution in [1.82, 2.24) is 14.8 Å².